The normalized spacial score (nSPS) is 10.5. The zero-order chi connectivity index (χ0) is 18.9. The van der Waals surface area contributed by atoms with E-state index in [1.54, 1.807) is 18.2 Å². The van der Waals surface area contributed by atoms with Crippen LogP contribution in [0.5, 0.6) is 23.0 Å². The van der Waals surface area contributed by atoms with Gasteiger partial charge < -0.3 is 18.9 Å². The molecule has 0 aliphatic rings. The van der Waals surface area contributed by atoms with E-state index in [9.17, 15) is 4.79 Å². The quantitative estimate of drug-likeness (QED) is 0.522. The maximum absolute atomic E-state index is 11.9. The zero-order valence-corrected chi connectivity index (χ0v) is 16.2. The number of hydrogen-bond acceptors (Lipinski definition) is 6. The Kier molecular flexibility index (Phi) is 7.28. The second kappa shape index (κ2) is 9.67. The SMILES string of the molecule is COc1cc(OC)c(OC)cc1C=NNC(=O)COc1ccccc1Br. The van der Waals surface area contributed by atoms with Gasteiger partial charge in [-0.1, -0.05) is 12.1 Å². The molecule has 0 heterocycles. The van der Waals surface area contributed by atoms with E-state index in [1.807, 2.05) is 18.2 Å². The first kappa shape index (κ1) is 19.6. The van der Waals surface area contributed by atoms with Crippen molar-refractivity contribution < 1.29 is 23.7 Å². The molecule has 2 rings (SSSR count). The Hall–Kier alpha value is -2.74. The summed E-state index contributed by atoms with van der Waals surface area (Å²) >= 11 is 3.35. The Balaban J connectivity index is 1.99. The number of ether oxygens (including phenoxy) is 4. The molecule has 7 nitrogen and oxygen atoms in total. The molecule has 0 radical (unpaired) electrons. The van der Waals surface area contributed by atoms with Crippen LogP contribution in [0.25, 0.3) is 0 Å². The average Bonchev–Trinajstić information content (AvgIpc) is 2.66. The summed E-state index contributed by atoms with van der Waals surface area (Å²) in [6, 6.07) is 10.6. The van der Waals surface area contributed by atoms with Crippen molar-refractivity contribution in [2.24, 2.45) is 5.10 Å². The van der Waals surface area contributed by atoms with Gasteiger partial charge in [-0.05, 0) is 34.1 Å². The standard InChI is InChI=1S/C18H19BrN2O5/c1-23-15-9-17(25-3)16(24-2)8-12(15)10-20-21-18(22)11-26-14-7-5-4-6-13(14)19/h4-10H,11H2,1-3H3,(H,21,22). The third-order valence-corrected chi connectivity index (χ3v) is 3.98. The Morgan fingerprint density at radius 1 is 1.04 bits per heavy atom. The summed E-state index contributed by atoms with van der Waals surface area (Å²) in [4.78, 5) is 11.9. The molecule has 0 spiro atoms. The van der Waals surface area contributed by atoms with Crippen molar-refractivity contribution in [1.82, 2.24) is 5.43 Å². The Labute approximate surface area is 160 Å². The van der Waals surface area contributed by atoms with Gasteiger partial charge >= 0.3 is 0 Å². The van der Waals surface area contributed by atoms with E-state index in [4.69, 9.17) is 18.9 Å². The maximum atomic E-state index is 11.9. The lowest BCUT2D eigenvalue weighted by Gasteiger charge is -2.11. The summed E-state index contributed by atoms with van der Waals surface area (Å²) < 4.78 is 22.0. The number of hydrazone groups is 1. The molecule has 0 bridgehead atoms. The largest absolute Gasteiger partial charge is 0.496 e. The van der Waals surface area contributed by atoms with Gasteiger partial charge in [0.05, 0.1) is 32.0 Å². The van der Waals surface area contributed by atoms with Crippen molar-refractivity contribution in [2.75, 3.05) is 27.9 Å². The van der Waals surface area contributed by atoms with Crippen molar-refractivity contribution >= 4 is 28.1 Å². The molecule has 0 aliphatic carbocycles. The van der Waals surface area contributed by atoms with Gasteiger partial charge in [0.15, 0.2) is 18.1 Å². The molecule has 8 heteroatoms. The van der Waals surface area contributed by atoms with E-state index in [-0.39, 0.29) is 6.61 Å². The molecule has 0 fully saturated rings. The summed E-state index contributed by atoms with van der Waals surface area (Å²) in [6.07, 6.45) is 1.46. The summed E-state index contributed by atoms with van der Waals surface area (Å²) in [6.45, 7) is -0.164. The number of para-hydroxylation sites is 1. The first-order chi connectivity index (χ1) is 12.6. The fourth-order valence-electron chi connectivity index (χ4n) is 2.06. The molecule has 0 unspecified atom stereocenters. The molecule has 0 aromatic heterocycles. The van der Waals surface area contributed by atoms with Crippen molar-refractivity contribution in [2.45, 2.75) is 0 Å². The van der Waals surface area contributed by atoms with Gasteiger partial charge in [-0.15, -0.1) is 0 Å². The zero-order valence-electron chi connectivity index (χ0n) is 14.6. The third kappa shape index (κ3) is 5.13. The molecule has 0 atom stereocenters. The second-order valence-corrected chi connectivity index (χ2v) is 5.82. The number of nitrogens with one attached hydrogen (secondary N) is 1. The molecule has 0 aliphatic heterocycles. The molecule has 138 valence electrons. The molecule has 1 amide bonds. The molecule has 26 heavy (non-hydrogen) atoms. The fourth-order valence-corrected chi connectivity index (χ4v) is 2.46. The van der Waals surface area contributed by atoms with Gasteiger partial charge in [-0.3, -0.25) is 4.79 Å². The van der Waals surface area contributed by atoms with Crippen LogP contribution in [0.3, 0.4) is 0 Å². The molecule has 0 saturated carbocycles. The van der Waals surface area contributed by atoms with Crippen molar-refractivity contribution in [3.05, 3.63) is 46.4 Å². The van der Waals surface area contributed by atoms with E-state index >= 15 is 0 Å². The number of amides is 1. The third-order valence-electron chi connectivity index (χ3n) is 3.32. The number of nitrogens with zero attached hydrogens (tertiary/aromatic N) is 1. The molecular formula is C18H19BrN2O5. The van der Waals surface area contributed by atoms with Crippen molar-refractivity contribution in [3.63, 3.8) is 0 Å². The van der Waals surface area contributed by atoms with Crippen LogP contribution in [0.15, 0.2) is 46.0 Å². The molecule has 2 aromatic rings. The van der Waals surface area contributed by atoms with E-state index < -0.39 is 5.91 Å². The minimum Gasteiger partial charge on any atom is -0.496 e. The van der Waals surface area contributed by atoms with Crippen LogP contribution in [0.1, 0.15) is 5.56 Å². The number of carbonyl (C=O) groups is 1. The Morgan fingerprint density at radius 3 is 2.35 bits per heavy atom. The van der Waals surface area contributed by atoms with Gasteiger partial charge in [-0.25, -0.2) is 5.43 Å². The van der Waals surface area contributed by atoms with Crippen LogP contribution in [-0.4, -0.2) is 40.1 Å². The highest BCUT2D eigenvalue weighted by molar-refractivity contribution is 9.10. The number of methoxy groups -OCH3 is 3. The monoisotopic (exact) mass is 422 g/mol. The minimum absolute atomic E-state index is 0.164. The van der Waals surface area contributed by atoms with E-state index in [0.717, 1.165) is 4.47 Å². The van der Waals surface area contributed by atoms with Crippen molar-refractivity contribution in [1.29, 1.82) is 0 Å². The lowest BCUT2D eigenvalue weighted by Crippen LogP contribution is -2.24. The van der Waals surface area contributed by atoms with E-state index in [1.165, 1.54) is 27.5 Å². The summed E-state index contributed by atoms with van der Waals surface area (Å²) in [5.41, 5.74) is 3.02. The Morgan fingerprint density at radius 2 is 1.69 bits per heavy atom. The minimum atomic E-state index is -0.392. The topological polar surface area (TPSA) is 78.4 Å². The molecule has 1 N–H and O–H groups in total. The van der Waals surface area contributed by atoms with Gasteiger partial charge in [0.2, 0.25) is 0 Å². The van der Waals surface area contributed by atoms with Crippen LogP contribution in [-0.2, 0) is 4.79 Å². The lowest BCUT2D eigenvalue weighted by molar-refractivity contribution is -0.123. The molecule has 2 aromatic carbocycles. The van der Waals surface area contributed by atoms with Gasteiger partial charge in [-0.2, -0.15) is 5.10 Å². The summed E-state index contributed by atoms with van der Waals surface area (Å²) in [7, 11) is 4.60. The predicted octanol–water partition coefficient (Wildman–Crippen LogP) is 3.00. The van der Waals surface area contributed by atoms with Crippen LogP contribution in [0, 0.1) is 0 Å². The second-order valence-electron chi connectivity index (χ2n) is 4.96. The van der Waals surface area contributed by atoms with Crippen LogP contribution < -0.4 is 24.4 Å². The smallest absolute Gasteiger partial charge is 0.277 e. The van der Waals surface area contributed by atoms with E-state index in [0.29, 0.717) is 28.6 Å². The molecule has 0 saturated heterocycles. The van der Waals surface area contributed by atoms with Gasteiger partial charge in [0.25, 0.3) is 5.91 Å². The summed E-state index contributed by atoms with van der Waals surface area (Å²) in [5, 5.41) is 3.92. The summed E-state index contributed by atoms with van der Waals surface area (Å²) in [5.74, 6) is 1.78. The number of benzene rings is 2. The molecular weight excluding hydrogens is 404 g/mol. The predicted molar refractivity (Wildman–Crippen MR) is 101 cm³/mol. The van der Waals surface area contributed by atoms with Crippen LogP contribution in [0.2, 0.25) is 0 Å². The first-order valence-corrected chi connectivity index (χ1v) is 8.37. The number of halogens is 1. The first-order valence-electron chi connectivity index (χ1n) is 7.58. The fraction of sp³-hybridized carbons (Fsp3) is 0.222. The van der Waals surface area contributed by atoms with Gasteiger partial charge in [0.1, 0.15) is 11.5 Å². The average molecular weight is 423 g/mol. The van der Waals surface area contributed by atoms with Gasteiger partial charge in [0, 0.05) is 11.6 Å². The number of rotatable bonds is 8. The van der Waals surface area contributed by atoms with E-state index in [2.05, 4.69) is 26.5 Å². The van der Waals surface area contributed by atoms with Crippen molar-refractivity contribution in [3.8, 4) is 23.0 Å². The highest BCUT2D eigenvalue weighted by atomic mass is 79.9. The Bertz CT molecular complexity index is 795. The highest BCUT2D eigenvalue weighted by Gasteiger charge is 2.10. The number of carbonyl (C=O) groups excluding carboxylic acids is 1. The van der Waals surface area contributed by atoms with Crippen LogP contribution >= 0.6 is 15.9 Å². The maximum Gasteiger partial charge on any atom is 0.277 e. The highest BCUT2D eigenvalue weighted by Crippen LogP contribution is 2.33. The van der Waals surface area contributed by atoms with Crippen LogP contribution in [0.4, 0.5) is 0 Å². The number of hydrogen-bond donors (Lipinski definition) is 1. The lowest BCUT2D eigenvalue weighted by atomic mass is 10.2.